The predicted octanol–water partition coefficient (Wildman–Crippen LogP) is 7.91. The van der Waals surface area contributed by atoms with Crippen molar-refractivity contribution in [3.05, 3.63) is 159 Å². The molecule has 61 heavy (non-hydrogen) atoms. The van der Waals surface area contributed by atoms with E-state index in [9.17, 15) is 20.3 Å². The second-order valence-electron chi connectivity index (χ2n) is 16.5. The molecule has 6 aromatic rings. The number of hydrogen-bond donors (Lipinski definition) is 2. The maximum Gasteiger partial charge on any atom is 0.255 e. The Kier molecular flexibility index (Phi) is 11.3. The normalized spacial score (nSPS) is 15.2. The molecule has 312 valence electrons. The Morgan fingerprint density at radius 1 is 0.869 bits per heavy atom. The molecule has 11 heteroatoms. The molecule has 0 bridgehead atoms. The molecule has 0 fully saturated rings. The van der Waals surface area contributed by atoms with Crippen LogP contribution in [0.15, 0.2) is 97.1 Å². The minimum atomic E-state index is -1.21. The second kappa shape index (κ2) is 16.8. The van der Waals surface area contributed by atoms with Crippen molar-refractivity contribution in [1.29, 1.82) is 5.26 Å². The fraction of sp³-hybridized carbons (Fsp3) is 0.300. The van der Waals surface area contributed by atoms with Gasteiger partial charge in [-0.1, -0.05) is 48.5 Å². The molecular formula is C50H52N6O5. The van der Waals surface area contributed by atoms with Gasteiger partial charge >= 0.3 is 0 Å². The summed E-state index contributed by atoms with van der Waals surface area (Å²) in [6.07, 6.45) is 0.455. The quantitative estimate of drug-likeness (QED) is 0.135. The van der Waals surface area contributed by atoms with Gasteiger partial charge in [0.2, 0.25) is 5.91 Å². The number of carbonyl (C=O) groups is 2. The molecule has 11 nitrogen and oxygen atoms in total. The molecule has 2 N–H and O–H groups in total. The fourth-order valence-corrected chi connectivity index (χ4v) is 8.96. The van der Waals surface area contributed by atoms with Crippen molar-refractivity contribution >= 4 is 23.2 Å². The lowest BCUT2D eigenvalue weighted by Crippen LogP contribution is -2.43. The van der Waals surface area contributed by atoms with Crippen LogP contribution in [0.2, 0.25) is 0 Å². The number of aromatic hydroxyl groups is 1. The third kappa shape index (κ3) is 7.81. The smallest absolute Gasteiger partial charge is 0.255 e. The number of hydrogen-bond acceptors (Lipinski definition) is 7. The summed E-state index contributed by atoms with van der Waals surface area (Å²) in [5.41, 5.74) is 12.4. The van der Waals surface area contributed by atoms with Gasteiger partial charge in [-0.3, -0.25) is 9.59 Å². The Bertz CT molecular complexity index is 2670. The highest BCUT2D eigenvalue weighted by molar-refractivity contribution is 6.01. The summed E-state index contributed by atoms with van der Waals surface area (Å²) in [7, 11) is 5.43. The monoisotopic (exact) mass is 816 g/mol. The van der Waals surface area contributed by atoms with Gasteiger partial charge in [0.25, 0.3) is 5.91 Å². The highest BCUT2D eigenvalue weighted by atomic mass is 16.5. The maximum absolute atomic E-state index is 15.1. The molecule has 0 spiro atoms. The number of benzene rings is 4. The average molecular weight is 817 g/mol. The van der Waals surface area contributed by atoms with Crippen LogP contribution >= 0.6 is 0 Å². The lowest BCUT2D eigenvalue weighted by Gasteiger charge is -2.36. The zero-order chi connectivity index (χ0) is 43.1. The molecule has 1 unspecified atom stereocenters. The van der Waals surface area contributed by atoms with Gasteiger partial charge in [0.05, 0.1) is 18.7 Å². The lowest BCUT2D eigenvalue weighted by molar-refractivity contribution is -0.131. The van der Waals surface area contributed by atoms with Crippen molar-refractivity contribution in [3.8, 4) is 23.1 Å². The minimum Gasteiger partial charge on any atom is -0.508 e. The van der Waals surface area contributed by atoms with E-state index in [1.54, 1.807) is 46.9 Å². The van der Waals surface area contributed by atoms with E-state index in [4.69, 9.17) is 4.74 Å². The fourth-order valence-electron chi connectivity index (χ4n) is 8.96. The van der Waals surface area contributed by atoms with Crippen molar-refractivity contribution in [1.82, 2.24) is 18.9 Å². The SMILES string of the molecule is COCc1ccc(CC(=O)N2CCc3cc(-c4cc(C(O)N(c5ccc(O)cc5)c5cc(C#N)n(C)c5C)c(C)n4C)c(C(=O)N4Cc5ccccc5C[C@H]4C)cc3C2)cc1. The topological polar surface area (TPSA) is 127 Å². The number of aromatic nitrogens is 2. The summed E-state index contributed by atoms with van der Waals surface area (Å²) in [6.45, 7) is 7.90. The summed E-state index contributed by atoms with van der Waals surface area (Å²) in [6, 6.07) is 32.9. The largest absolute Gasteiger partial charge is 0.508 e. The summed E-state index contributed by atoms with van der Waals surface area (Å²) < 4.78 is 9.06. The van der Waals surface area contributed by atoms with Crippen LogP contribution in [-0.2, 0) is 62.6 Å². The molecular weight excluding hydrogens is 765 g/mol. The minimum absolute atomic E-state index is 0.0359. The van der Waals surface area contributed by atoms with Crippen LogP contribution in [0.25, 0.3) is 11.3 Å². The number of aliphatic hydroxyl groups is 1. The van der Waals surface area contributed by atoms with E-state index in [-0.39, 0.29) is 30.0 Å². The molecule has 4 aromatic carbocycles. The Labute approximate surface area is 357 Å². The Morgan fingerprint density at radius 3 is 2.26 bits per heavy atom. The summed E-state index contributed by atoms with van der Waals surface area (Å²) in [5, 5.41) is 32.6. The van der Waals surface area contributed by atoms with Gasteiger partial charge in [-0.25, -0.2) is 0 Å². The van der Waals surface area contributed by atoms with E-state index in [1.165, 1.54) is 5.56 Å². The number of ether oxygens (including phenoxy) is 1. The molecule has 0 radical (unpaired) electrons. The molecule has 2 amide bonds. The molecule has 0 saturated heterocycles. The predicted molar refractivity (Wildman–Crippen MR) is 235 cm³/mol. The van der Waals surface area contributed by atoms with Crippen molar-refractivity contribution in [3.63, 3.8) is 0 Å². The van der Waals surface area contributed by atoms with Gasteiger partial charge in [-0.15, -0.1) is 0 Å². The van der Waals surface area contributed by atoms with E-state index in [1.807, 2.05) is 90.8 Å². The molecule has 0 saturated carbocycles. The first kappa shape index (κ1) is 41.1. The number of phenols is 1. The molecule has 8 rings (SSSR count). The maximum atomic E-state index is 15.1. The molecule has 2 atom stereocenters. The van der Waals surface area contributed by atoms with E-state index in [0.29, 0.717) is 60.9 Å². The van der Waals surface area contributed by atoms with Gasteiger partial charge in [-0.05, 0) is 116 Å². The number of aliphatic hydroxyl groups excluding tert-OH is 1. The summed E-state index contributed by atoms with van der Waals surface area (Å²) in [5.74, 6) is 0.0410. The Balaban J connectivity index is 1.19. The van der Waals surface area contributed by atoms with Crippen LogP contribution < -0.4 is 4.90 Å². The van der Waals surface area contributed by atoms with E-state index < -0.39 is 6.23 Å². The van der Waals surface area contributed by atoms with Crippen molar-refractivity contribution in [2.24, 2.45) is 14.1 Å². The number of phenolic OH excluding ortho intramolecular Hbond substituents is 1. The molecule has 2 aliphatic heterocycles. The Morgan fingerprint density at radius 2 is 1.57 bits per heavy atom. The van der Waals surface area contributed by atoms with E-state index in [2.05, 4.69) is 31.2 Å². The van der Waals surface area contributed by atoms with Crippen LogP contribution in [0, 0.1) is 25.2 Å². The second-order valence-corrected chi connectivity index (χ2v) is 16.5. The summed E-state index contributed by atoms with van der Waals surface area (Å²) >= 11 is 0. The molecule has 2 aromatic heterocycles. The Hall–Kier alpha value is -6.61. The first-order valence-corrected chi connectivity index (χ1v) is 20.7. The third-order valence-electron chi connectivity index (χ3n) is 12.8. The first-order chi connectivity index (χ1) is 29.4. The number of anilines is 2. The number of nitriles is 1. The van der Waals surface area contributed by atoms with Crippen molar-refractivity contribution in [2.75, 3.05) is 18.6 Å². The standard InChI is InChI=1S/C50H52N6O5/c1-31-21-36-9-7-8-10-38(36)29-55(31)49(59)45-24-39-28-54(48(58)22-34-11-13-35(14-12-34)30-61-6)20-19-37(39)23-44(45)47-26-43(32(2)53(47)5)50(60)56(40-15-17-42(57)18-16-40)46-25-41(27-51)52(4)33(46)3/h7-18,23-26,31,50,57,60H,19-22,28-30H2,1-6H3/t31-,50?/m1/s1. The first-order valence-electron chi connectivity index (χ1n) is 20.7. The number of rotatable bonds is 10. The summed E-state index contributed by atoms with van der Waals surface area (Å²) in [4.78, 5) is 34.5. The van der Waals surface area contributed by atoms with E-state index >= 15 is 4.79 Å². The van der Waals surface area contributed by atoms with Gasteiger partial charge in [0.1, 0.15) is 17.5 Å². The highest BCUT2D eigenvalue weighted by Gasteiger charge is 2.33. The highest BCUT2D eigenvalue weighted by Crippen LogP contribution is 2.42. The molecule has 4 heterocycles. The van der Waals surface area contributed by atoms with Crippen molar-refractivity contribution < 1.29 is 24.5 Å². The number of carbonyl (C=O) groups excluding carboxylic acids is 2. The van der Waals surface area contributed by atoms with Crippen LogP contribution in [-0.4, -0.2) is 60.7 Å². The van der Waals surface area contributed by atoms with Crippen LogP contribution in [0.1, 0.15) is 79.5 Å². The van der Waals surface area contributed by atoms with Crippen molar-refractivity contribution in [2.45, 2.75) is 72.0 Å². The van der Waals surface area contributed by atoms with Gasteiger partial charge in [0.15, 0.2) is 6.23 Å². The number of nitrogens with zero attached hydrogens (tertiary/aromatic N) is 6. The number of amides is 2. The zero-order valence-electron chi connectivity index (χ0n) is 35.6. The zero-order valence-corrected chi connectivity index (χ0v) is 35.6. The molecule has 2 aliphatic rings. The number of fused-ring (bicyclic) bond motifs is 2. The molecule has 0 aliphatic carbocycles. The third-order valence-corrected chi connectivity index (χ3v) is 12.8. The van der Waals surface area contributed by atoms with Crippen LogP contribution in [0.4, 0.5) is 11.4 Å². The average Bonchev–Trinajstić information content (AvgIpc) is 3.72. The van der Waals surface area contributed by atoms with Gasteiger partial charge < -0.3 is 38.8 Å². The van der Waals surface area contributed by atoms with Gasteiger partial charge in [0, 0.05) is 86.3 Å². The number of methoxy groups -OCH3 is 1. The van der Waals surface area contributed by atoms with Crippen LogP contribution in [0.5, 0.6) is 5.75 Å². The van der Waals surface area contributed by atoms with Gasteiger partial charge in [-0.2, -0.15) is 5.26 Å². The van der Waals surface area contributed by atoms with E-state index in [0.717, 1.165) is 56.9 Å². The lowest BCUT2D eigenvalue weighted by atomic mass is 9.89. The van der Waals surface area contributed by atoms with Crippen LogP contribution in [0.3, 0.4) is 0 Å².